The van der Waals surface area contributed by atoms with Gasteiger partial charge in [0.15, 0.2) is 0 Å². The van der Waals surface area contributed by atoms with Crippen LogP contribution in [-0.4, -0.2) is 0 Å². The van der Waals surface area contributed by atoms with E-state index in [1.165, 1.54) is 97.8 Å². The van der Waals surface area contributed by atoms with E-state index in [4.69, 9.17) is 4.42 Å². The fourth-order valence-corrected chi connectivity index (χ4v) is 10.1. The van der Waals surface area contributed by atoms with Crippen molar-refractivity contribution in [1.29, 1.82) is 0 Å². The van der Waals surface area contributed by atoms with Crippen molar-refractivity contribution < 1.29 is 4.42 Å². The maximum atomic E-state index is 7.41. The van der Waals surface area contributed by atoms with Crippen LogP contribution in [0.15, 0.2) is 199 Å². The normalized spacial score (nSPS) is 12.2. The van der Waals surface area contributed by atoms with E-state index in [2.05, 4.69) is 194 Å². The van der Waals surface area contributed by atoms with Gasteiger partial charge in [0.05, 0.1) is 0 Å². The summed E-state index contributed by atoms with van der Waals surface area (Å²) in [5.74, 6) is 0. The van der Waals surface area contributed by atoms with Crippen molar-refractivity contribution in [3.8, 4) is 33.4 Å². The van der Waals surface area contributed by atoms with Crippen molar-refractivity contribution in [2.75, 3.05) is 0 Å². The van der Waals surface area contributed by atoms with Crippen molar-refractivity contribution in [1.82, 2.24) is 0 Å². The van der Waals surface area contributed by atoms with Gasteiger partial charge >= 0.3 is 0 Å². The molecule has 1 heteroatoms. The molecule has 0 aliphatic carbocycles. The molecule has 1 heterocycles. The standard InChI is InChI=1S/C56H32O/c1-2-10-33(11-3-1)39-18-9-19-47-42(39)28-30-49-54-45(43-25-23-37-21-20-35-14-8-15-36-24-27-44(43)52(37)51(35)36)29-31-48(56(54)57-55(47)49)53-41-17-7-5-13-38(41)32-50-40-16-6-4-12-34(40)22-26-46(50)53/h1-32H. The van der Waals surface area contributed by atoms with Crippen molar-refractivity contribution >= 4 is 97.3 Å². The van der Waals surface area contributed by atoms with Gasteiger partial charge in [-0.1, -0.05) is 176 Å². The summed E-state index contributed by atoms with van der Waals surface area (Å²) >= 11 is 0. The minimum absolute atomic E-state index is 0.914. The maximum absolute atomic E-state index is 7.41. The average molecular weight is 721 g/mol. The molecule has 0 fully saturated rings. The maximum Gasteiger partial charge on any atom is 0.143 e. The van der Waals surface area contributed by atoms with E-state index < -0.39 is 0 Å². The first-order valence-corrected chi connectivity index (χ1v) is 19.8. The third kappa shape index (κ3) is 4.29. The van der Waals surface area contributed by atoms with Gasteiger partial charge in [0.1, 0.15) is 11.2 Å². The van der Waals surface area contributed by atoms with Gasteiger partial charge in [-0.15, -0.1) is 0 Å². The van der Waals surface area contributed by atoms with Crippen LogP contribution in [0.4, 0.5) is 0 Å². The first-order chi connectivity index (χ1) is 28.3. The van der Waals surface area contributed by atoms with Crippen molar-refractivity contribution in [2.24, 2.45) is 0 Å². The summed E-state index contributed by atoms with van der Waals surface area (Å²) < 4.78 is 7.41. The molecule has 0 aliphatic heterocycles. The van der Waals surface area contributed by atoms with Gasteiger partial charge in [0, 0.05) is 27.3 Å². The zero-order chi connectivity index (χ0) is 37.2. The van der Waals surface area contributed by atoms with E-state index in [1.807, 2.05) is 0 Å². The van der Waals surface area contributed by atoms with Gasteiger partial charge in [0.25, 0.3) is 0 Å². The van der Waals surface area contributed by atoms with E-state index in [1.54, 1.807) is 0 Å². The Hall–Kier alpha value is -7.48. The van der Waals surface area contributed by atoms with E-state index >= 15 is 0 Å². The van der Waals surface area contributed by atoms with Gasteiger partial charge in [-0.05, 0) is 110 Å². The number of rotatable bonds is 3. The smallest absolute Gasteiger partial charge is 0.143 e. The average Bonchev–Trinajstić information content (AvgIpc) is 3.68. The molecule has 0 N–H and O–H groups in total. The second-order valence-electron chi connectivity index (χ2n) is 15.5. The molecule has 0 saturated carbocycles. The summed E-state index contributed by atoms with van der Waals surface area (Å²) in [6.45, 7) is 0. The lowest BCUT2D eigenvalue weighted by Gasteiger charge is -2.17. The predicted octanol–water partition coefficient (Wildman–Crippen LogP) is 16.1. The molecule has 13 rings (SSSR count). The minimum atomic E-state index is 0.914. The van der Waals surface area contributed by atoms with Crippen LogP contribution in [0.25, 0.3) is 131 Å². The molecule has 0 saturated heterocycles. The molecule has 0 bridgehead atoms. The first-order valence-electron chi connectivity index (χ1n) is 19.8. The van der Waals surface area contributed by atoms with Crippen LogP contribution in [0.1, 0.15) is 0 Å². The molecule has 0 radical (unpaired) electrons. The number of hydrogen-bond acceptors (Lipinski definition) is 1. The van der Waals surface area contributed by atoms with E-state index in [9.17, 15) is 0 Å². The zero-order valence-electron chi connectivity index (χ0n) is 30.9. The molecule has 13 aromatic rings. The van der Waals surface area contributed by atoms with Crippen LogP contribution in [0.3, 0.4) is 0 Å². The Bertz CT molecular complexity index is 3780. The Balaban J connectivity index is 1.20. The Morgan fingerprint density at radius 1 is 0.246 bits per heavy atom. The van der Waals surface area contributed by atoms with Gasteiger partial charge in [0.2, 0.25) is 0 Å². The number of benzene rings is 12. The van der Waals surface area contributed by atoms with Crippen molar-refractivity contribution in [2.45, 2.75) is 0 Å². The highest BCUT2D eigenvalue weighted by molar-refractivity contribution is 6.30. The topological polar surface area (TPSA) is 13.1 Å². The summed E-state index contributed by atoms with van der Waals surface area (Å²) in [6, 6.07) is 71.5. The number of hydrogen-bond donors (Lipinski definition) is 0. The SMILES string of the molecule is c1ccc(-c2cccc3c2ccc2c3oc3c(-c4c5ccccc5cc5c4ccc4ccccc45)ccc(-c4ccc5ccc6cccc7ccc4c5c67)c32)cc1. The molecule has 0 aliphatic rings. The van der Waals surface area contributed by atoms with E-state index in [0.717, 1.165) is 32.9 Å². The molecule has 0 unspecified atom stereocenters. The van der Waals surface area contributed by atoms with Crippen LogP contribution in [0, 0.1) is 0 Å². The third-order valence-electron chi connectivity index (χ3n) is 12.6. The Morgan fingerprint density at radius 2 is 0.842 bits per heavy atom. The largest absolute Gasteiger partial charge is 0.455 e. The molecule has 0 amide bonds. The summed E-state index contributed by atoms with van der Waals surface area (Å²) in [4.78, 5) is 0. The fraction of sp³-hybridized carbons (Fsp3) is 0. The second-order valence-corrected chi connectivity index (χ2v) is 15.5. The molecule has 1 nitrogen and oxygen atoms in total. The highest BCUT2D eigenvalue weighted by Crippen LogP contribution is 2.50. The van der Waals surface area contributed by atoms with Gasteiger partial charge in [-0.25, -0.2) is 0 Å². The van der Waals surface area contributed by atoms with Crippen LogP contribution in [0.5, 0.6) is 0 Å². The van der Waals surface area contributed by atoms with Gasteiger partial charge in [-0.3, -0.25) is 0 Å². The molecule has 0 atom stereocenters. The van der Waals surface area contributed by atoms with E-state index in [-0.39, 0.29) is 0 Å². The summed E-state index contributed by atoms with van der Waals surface area (Å²) in [5, 5.41) is 19.7. The van der Waals surface area contributed by atoms with Crippen LogP contribution >= 0.6 is 0 Å². The molecular weight excluding hydrogens is 689 g/mol. The van der Waals surface area contributed by atoms with E-state index in [0.29, 0.717) is 0 Å². The highest BCUT2D eigenvalue weighted by atomic mass is 16.3. The fourth-order valence-electron chi connectivity index (χ4n) is 10.1. The lowest BCUT2D eigenvalue weighted by molar-refractivity contribution is 0.674. The highest BCUT2D eigenvalue weighted by Gasteiger charge is 2.23. The third-order valence-corrected chi connectivity index (χ3v) is 12.6. The molecule has 262 valence electrons. The Morgan fingerprint density at radius 3 is 1.72 bits per heavy atom. The lowest BCUT2D eigenvalue weighted by Crippen LogP contribution is -1.90. The molecule has 0 spiro atoms. The zero-order valence-corrected chi connectivity index (χ0v) is 30.9. The first kappa shape index (κ1) is 30.8. The molecular formula is C56H32O. The Kier molecular flexibility index (Phi) is 6.23. The number of fused-ring (bicyclic) bond motifs is 9. The Labute approximate surface area is 328 Å². The van der Waals surface area contributed by atoms with Crippen molar-refractivity contribution in [3.63, 3.8) is 0 Å². The molecule has 57 heavy (non-hydrogen) atoms. The summed E-state index contributed by atoms with van der Waals surface area (Å²) in [6.07, 6.45) is 0. The minimum Gasteiger partial charge on any atom is -0.455 e. The monoisotopic (exact) mass is 720 g/mol. The number of furan rings is 1. The summed E-state index contributed by atoms with van der Waals surface area (Å²) in [7, 11) is 0. The van der Waals surface area contributed by atoms with Gasteiger partial charge < -0.3 is 4.42 Å². The van der Waals surface area contributed by atoms with Crippen LogP contribution in [0.2, 0.25) is 0 Å². The lowest BCUT2D eigenvalue weighted by atomic mass is 9.86. The van der Waals surface area contributed by atoms with Crippen LogP contribution in [-0.2, 0) is 0 Å². The molecule has 12 aromatic carbocycles. The van der Waals surface area contributed by atoms with Crippen LogP contribution < -0.4 is 0 Å². The predicted molar refractivity (Wildman–Crippen MR) is 244 cm³/mol. The quantitative estimate of drug-likeness (QED) is 0.131. The van der Waals surface area contributed by atoms with Crippen molar-refractivity contribution in [3.05, 3.63) is 194 Å². The molecule has 1 aromatic heterocycles. The van der Waals surface area contributed by atoms with Gasteiger partial charge in [-0.2, -0.15) is 0 Å². The second kappa shape index (κ2) is 11.5. The summed E-state index contributed by atoms with van der Waals surface area (Å²) in [5.41, 5.74) is 8.93.